The minimum Gasteiger partial charge on any atom is -0.469 e. The summed E-state index contributed by atoms with van der Waals surface area (Å²) in [6.45, 7) is 1.66. The Labute approximate surface area is 127 Å². The van der Waals surface area contributed by atoms with E-state index in [0.717, 1.165) is 4.90 Å². The Kier molecular flexibility index (Phi) is 4.47. The van der Waals surface area contributed by atoms with Crippen LogP contribution in [0.1, 0.15) is 13.3 Å². The molecular weight excluding hydrogens is 296 g/mol. The third-order valence-electron chi connectivity index (χ3n) is 3.32. The van der Waals surface area contributed by atoms with E-state index in [2.05, 4.69) is 4.74 Å². The molecule has 0 aromatic heterocycles. The van der Waals surface area contributed by atoms with E-state index in [1.807, 2.05) is 0 Å². The van der Waals surface area contributed by atoms with Crippen LogP contribution in [0.2, 0.25) is 5.02 Å². The summed E-state index contributed by atoms with van der Waals surface area (Å²) in [5.41, 5.74) is 0.589. The first kappa shape index (κ1) is 15.3. The minimum absolute atomic E-state index is 0.0127. The highest BCUT2D eigenvalue weighted by molar-refractivity contribution is 6.30. The summed E-state index contributed by atoms with van der Waals surface area (Å²) >= 11 is 5.82. The number of ether oxygens (including phenoxy) is 1. The number of rotatable bonds is 4. The van der Waals surface area contributed by atoms with Gasteiger partial charge < -0.3 is 4.74 Å². The largest absolute Gasteiger partial charge is 0.469 e. The Hall–Kier alpha value is -2.08. The zero-order chi connectivity index (χ0) is 15.6. The molecule has 1 heterocycles. The van der Waals surface area contributed by atoms with E-state index in [0.29, 0.717) is 10.7 Å². The van der Waals surface area contributed by atoms with Crippen LogP contribution in [0.4, 0.5) is 10.5 Å². The van der Waals surface area contributed by atoms with Gasteiger partial charge in [0.15, 0.2) is 0 Å². The van der Waals surface area contributed by atoms with Gasteiger partial charge >= 0.3 is 12.0 Å². The molecule has 0 saturated carbocycles. The number of benzene rings is 1. The van der Waals surface area contributed by atoms with Crippen LogP contribution in [0.25, 0.3) is 0 Å². The Morgan fingerprint density at radius 3 is 2.48 bits per heavy atom. The van der Waals surface area contributed by atoms with Crippen molar-refractivity contribution in [2.45, 2.75) is 19.4 Å². The number of hydrogen-bond donors (Lipinski definition) is 0. The van der Waals surface area contributed by atoms with E-state index in [9.17, 15) is 14.4 Å². The molecule has 112 valence electrons. The first-order chi connectivity index (χ1) is 9.95. The lowest BCUT2D eigenvalue weighted by atomic mass is 10.2. The highest BCUT2D eigenvalue weighted by Gasteiger charge is 2.43. The van der Waals surface area contributed by atoms with Crippen LogP contribution < -0.4 is 4.90 Å². The highest BCUT2D eigenvalue weighted by atomic mass is 35.5. The number of carbonyl (C=O) groups excluding carboxylic acids is 3. The molecule has 0 N–H and O–H groups in total. The van der Waals surface area contributed by atoms with E-state index in [1.165, 1.54) is 12.0 Å². The molecular formula is C14H15ClN2O4. The van der Waals surface area contributed by atoms with E-state index >= 15 is 0 Å². The van der Waals surface area contributed by atoms with Crippen LogP contribution in [-0.4, -0.2) is 42.5 Å². The number of anilines is 1. The van der Waals surface area contributed by atoms with Crippen LogP contribution in [0.3, 0.4) is 0 Å². The van der Waals surface area contributed by atoms with Gasteiger partial charge in [0.05, 0.1) is 13.5 Å². The Morgan fingerprint density at radius 2 is 1.90 bits per heavy atom. The molecule has 0 radical (unpaired) electrons. The molecule has 0 spiro atoms. The van der Waals surface area contributed by atoms with Crippen LogP contribution in [-0.2, 0) is 14.3 Å². The second kappa shape index (κ2) is 6.13. The number of urea groups is 1. The van der Waals surface area contributed by atoms with E-state index in [1.54, 1.807) is 31.2 Å². The molecule has 0 bridgehead atoms. The zero-order valence-corrected chi connectivity index (χ0v) is 12.5. The number of halogens is 1. The van der Waals surface area contributed by atoms with Crippen molar-refractivity contribution in [3.63, 3.8) is 0 Å². The maximum absolute atomic E-state index is 12.4. The molecule has 3 amide bonds. The van der Waals surface area contributed by atoms with Crippen LogP contribution >= 0.6 is 11.6 Å². The molecule has 1 aliphatic heterocycles. The first-order valence-corrected chi connectivity index (χ1v) is 6.80. The minimum atomic E-state index is -0.615. The number of methoxy groups -OCH3 is 1. The fraction of sp³-hybridized carbons (Fsp3) is 0.357. The van der Waals surface area contributed by atoms with E-state index in [4.69, 9.17) is 11.6 Å². The third-order valence-corrected chi connectivity index (χ3v) is 3.57. The number of esters is 1. The number of amides is 3. The van der Waals surface area contributed by atoms with Gasteiger partial charge in [-0.1, -0.05) is 11.6 Å². The van der Waals surface area contributed by atoms with Crippen LogP contribution in [0, 0.1) is 0 Å². The molecule has 1 fully saturated rings. The monoisotopic (exact) mass is 310 g/mol. The van der Waals surface area contributed by atoms with Crippen molar-refractivity contribution in [1.29, 1.82) is 0 Å². The molecule has 1 saturated heterocycles. The Morgan fingerprint density at radius 1 is 1.29 bits per heavy atom. The van der Waals surface area contributed by atoms with Gasteiger partial charge in [-0.25, -0.2) is 4.79 Å². The Balaban J connectivity index is 2.18. The van der Waals surface area contributed by atoms with Crippen LogP contribution in [0.15, 0.2) is 24.3 Å². The quantitative estimate of drug-likeness (QED) is 0.630. The number of carbonyl (C=O) groups is 3. The van der Waals surface area contributed by atoms with E-state index < -0.39 is 18.0 Å². The van der Waals surface area contributed by atoms with Crippen molar-refractivity contribution >= 4 is 35.2 Å². The number of nitrogens with zero attached hydrogens (tertiary/aromatic N) is 2. The SMILES string of the molecule is COC(=O)CCN1C(=O)[C@@H](C)N(c2ccc(Cl)cc2)C1=O. The lowest BCUT2D eigenvalue weighted by molar-refractivity contribution is -0.141. The molecule has 1 atom stereocenters. The molecule has 1 aromatic rings. The van der Waals surface area contributed by atoms with Gasteiger partial charge in [-0.2, -0.15) is 0 Å². The maximum atomic E-state index is 12.4. The van der Waals surface area contributed by atoms with Crippen molar-refractivity contribution in [3.8, 4) is 0 Å². The molecule has 1 aromatic carbocycles. The molecule has 0 aliphatic carbocycles. The molecule has 7 heteroatoms. The summed E-state index contributed by atoms with van der Waals surface area (Å²) in [5, 5.41) is 0.548. The molecule has 6 nitrogen and oxygen atoms in total. The molecule has 0 unspecified atom stereocenters. The summed E-state index contributed by atoms with van der Waals surface area (Å²) in [4.78, 5) is 38.1. The van der Waals surface area contributed by atoms with Crippen molar-refractivity contribution in [2.24, 2.45) is 0 Å². The summed E-state index contributed by atoms with van der Waals surface area (Å²) in [6, 6.07) is 5.59. The lowest BCUT2D eigenvalue weighted by Crippen LogP contribution is -2.35. The van der Waals surface area contributed by atoms with Gasteiger partial charge in [0.25, 0.3) is 5.91 Å². The second-order valence-corrected chi connectivity index (χ2v) is 5.06. The zero-order valence-electron chi connectivity index (χ0n) is 11.7. The average molecular weight is 311 g/mol. The smallest absolute Gasteiger partial charge is 0.331 e. The topological polar surface area (TPSA) is 66.9 Å². The number of imide groups is 1. The van der Waals surface area contributed by atoms with Gasteiger partial charge in [-0.3, -0.25) is 19.4 Å². The standard InChI is InChI=1S/C14H15ClN2O4/c1-9-13(19)16(8-7-12(18)21-2)14(20)17(9)11-5-3-10(15)4-6-11/h3-6,9H,7-8H2,1-2H3/t9-/m1/s1. The molecule has 21 heavy (non-hydrogen) atoms. The fourth-order valence-corrected chi connectivity index (χ4v) is 2.30. The van der Waals surface area contributed by atoms with Gasteiger partial charge in [0.1, 0.15) is 6.04 Å². The highest BCUT2D eigenvalue weighted by Crippen LogP contribution is 2.27. The summed E-state index contributed by atoms with van der Waals surface area (Å²) in [7, 11) is 1.26. The molecule has 1 aliphatic rings. The molecule has 2 rings (SSSR count). The third kappa shape index (κ3) is 3.00. The summed E-state index contributed by atoms with van der Waals surface area (Å²) in [5.74, 6) is -0.799. The fourth-order valence-electron chi connectivity index (χ4n) is 2.17. The van der Waals surface area contributed by atoms with Crippen LogP contribution in [0.5, 0.6) is 0 Å². The van der Waals surface area contributed by atoms with Gasteiger partial charge in [0.2, 0.25) is 0 Å². The van der Waals surface area contributed by atoms with Crippen molar-refractivity contribution < 1.29 is 19.1 Å². The maximum Gasteiger partial charge on any atom is 0.331 e. The lowest BCUT2D eigenvalue weighted by Gasteiger charge is -2.19. The predicted octanol–water partition coefficient (Wildman–Crippen LogP) is 2.06. The summed E-state index contributed by atoms with van der Waals surface area (Å²) < 4.78 is 4.52. The van der Waals surface area contributed by atoms with E-state index in [-0.39, 0.29) is 18.9 Å². The summed E-state index contributed by atoms with van der Waals surface area (Å²) in [6.07, 6.45) is -0.0187. The normalized spacial score (nSPS) is 18.3. The number of hydrogen-bond acceptors (Lipinski definition) is 4. The van der Waals surface area contributed by atoms with Gasteiger partial charge in [0, 0.05) is 17.3 Å². The first-order valence-electron chi connectivity index (χ1n) is 6.42. The average Bonchev–Trinajstić information content (AvgIpc) is 2.68. The van der Waals surface area contributed by atoms with Crippen molar-refractivity contribution in [3.05, 3.63) is 29.3 Å². The second-order valence-electron chi connectivity index (χ2n) is 4.62. The van der Waals surface area contributed by atoms with Gasteiger partial charge in [-0.05, 0) is 31.2 Å². The Bertz CT molecular complexity index is 573. The van der Waals surface area contributed by atoms with Crippen molar-refractivity contribution in [1.82, 2.24) is 4.90 Å². The predicted molar refractivity (Wildman–Crippen MR) is 77.1 cm³/mol. The van der Waals surface area contributed by atoms with Crippen molar-refractivity contribution in [2.75, 3.05) is 18.6 Å². The van der Waals surface area contributed by atoms with Gasteiger partial charge in [-0.15, -0.1) is 0 Å².